The van der Waals surface area contributed by atoms with Crippen molar-refractivity contribution in [3.63, 3.8) is 0 Å². The van der Waals surface area contributed by atoms with Crippen molar-refractivity contribution in [2.45, 2.75) is 31.7 Å². The molecule has 0 saturated heterocycles. The number of amides is 1. The van der Waals surface area contributed by atoms with E-state index in [-0.39, 0.29) is 12.3 Å². The lowest BCUT2D eigenvalue weighted by Crippen LogP contribution is -2.33. The Morgan fingerprint density at radius 2 is 1.95 bits per heavy atom. The maximum Gasteiger partial charge on any atom is 0.330 e. The number of carboxylic acid groups (broad SMARTS) is 1. The highest BCUT2D eigenvalue weighted by molar-refractivity contribution is 6.31. The molecule has 0 heterocycles. The summed E-state index contributed by atoms with van der Waals surface area (Å²) in [7, 11) is 0. The quantitative estimate of drug-likeness (QED) is 0.641. The zero-order chi connectivity index (χ0) is 15.0. The summed E-state index contributed by atoms with van der Waals surface area (Å²) in [6.07, 6.45) is 2.69. The van der Waals surface area contributed by atoms with Crippen LogP contribution in [-0.2, 0) is 9.59 Å². The van der Waals surface area contributed by atoms with Crippen LogP contribution in [0.1, 0.15) is 37.3 Å². The molecule has 0 saturated carbocycles. The molecule has 0 spiro atoms. The Hall–Kier alpha value is -1.59. The smallest absolute Gasteiger partial charge is 0.330 e. The number of nitrogens with two attached hydrogens (primary N) is 1. The second kappa shape index (κ2) is 8.55. The van der Waals surface area contributed by atoms with E-state index in [4.69, 9.17) is 17.3 Å². The van der Waals surface area contributed by atoms with Gasteiger partial charge in [0.1, 0.15) is 0 Å². The predicted octanol–water partition coefficient (Wildman–Crippen LogP) is 2.10. The van der Waals surface area contributed by atoms with Gasteiger partial charge in [-0.2, -0.15) is 0 Å². The van der Waals surface area contributed by atoms with Gasteiger partial charge in [-0.25, -0.2) is 4.79 Å². The first-order valence-electron chi connectivity index (χ1n) is 6.53. The van der Waals surface area contributed by atoms with E-state index in [1.807, 2.05) is 0 Å². The number of carboxylic acids is 1. The van der Waals surface area contributed by atoms with E-state index < -0.39 is 12.0 Å². The number of unbranched alkanes of at least 4 members (excludes halogenated alkanes) is 2. The Bertz CT molecular complexity index is 465. The second-order valence-electron chi connectivity index (χ2n) is 4.46. The molecule has 0 aliphatic carbocycles. The number of rotatable bonds is 8. The molecule has 1 amide bonds. The molecule has 0 radical (unpaired) electrons. The van der Waals surface area contributed by atoms with E-state index in [1.54, 1.807) is 24.3 Å². The van der Waals surface area contributed by atoms with Crippen molar-refractivity contribution in [3.8, 4) is 0 Å². The van der Waals surface area contributed by atoms with E-state index in [0.29, 0.717) is 23.6 Å². The fraction of sp³-hybridized carbons (Fsp3) is 0.429. The molecule has 1 rings (SSSR count). The largest absolute Gasteiger partial charge is 0.479 e. The van der Waals surface area contributed by atoms with E-state index in [1.165, 1.54) is 0 Å². The molecule has 0 bridgehead atoms. The molecule has 0 aliphatic rings. The van der Waals surface area contributed by atoms with Gasteiger partial charge in [0, 0.05) is 17.0 Å². The third kappa shape index (κ3) is 5.19. The van der Waals surface area contributed by atoms with Gasteiger partial charge in [-0.1, -0.05) is 36.2 Å². The third-order valence-electron chi connectivity index (χ3n) is 2.88. The van der Waals surface area contributed by atoms with Crippen LogP contribution < -0.4 is 11.1 Å². The summed E-state index contributed by atoms with van der Waals surface area (Å²) < 4.78 is 0. The van der Waals surface area contributed by atoms with Gasteiger partial charge in [0.25, 0.3) is 0 Å². The number of carbonyl (C=O) groups is 2. The van der Waals surface area contributed by atoms with Crippen LogP contribution in [0.25, 0.3) is 0 Å². The molecule has 0 aromatic heterocycles. The van der Waals surface area contributed by atoms with Crippen LogP contribution in [0.5, 0.6) is 0 Å². The van der Waals surface area contributed by atoms with Crippen LogP contribution >= 0.6 is 11.6 Å². The number of hydrogen-bond acceptors (Lipinski definition) is 3. The van der Waals surface area contributed by atoms with E-state index in [9.17, 15) is 14.7 Å². The first-order chi connectivity index (χ1) is 9.56. The highest BCUT2D eigenvalue weighted by Crippen LogP contribution is 2.23. The summed E-state index contributed by atoms with van der Waals surface area (Å²) in [5.74, 6) is -1.43. The average Bonchev–Trinajstić information content (AvgIpc) is 2.42. The molecule has 20 heavy (non-hydrogen) atoms. The summed E-state index contributed by atoms with van der Waals surface area (Å²) >= 11 is 5.96. The SMILES string of the molecule is NCCCCCC(=O)N[C@@H](C(=O)O)c1ccccc1Cl. The van der Waals surface area contributed by atoms with Crippen molar-refractivity contribution in [2.75, 3.05) is 6.54 Å². The van der Waals surface area contributed by atoms with Crippen molar-refractivity contribution in [1.82, 2.24) is 5.32 Å². The molecular weight excluding hydrogens is 280 g/mol. The maximum absolute atomic E-state index is 11.8. The van der Waals surface area contributed by atoms with Gasteiger partial charge in [0.05, 0.1) is 0 Å². The Kier molecular flexibility index (Phi) is 7.04. The highest BCUT2D eigenvalue weighted by Gasteiger charge is 2.23. The predicted molar refractivity (Wildman–Crippen MR) is 77.5 cm³/mol. The lowest BCUT2D eigenvalue weighted by atomic mass is 10.1. The summed E-state index contributed by atoms with van der Waals surface area (Å²) in [5.41, 5.74) is 5.75. The molecular formula is C14H19ClN2O3. The molecule has 1 atom stereocenters. The molecule has 4 N–H and O–H groups in total. The van der Waals surface area contributed by atoms with E-state index in [0.717, 1.165) is 12.8 Å². The van der Waals surface area contributed by atoms with E-state index in [2.05, 4.69) is 5.32 Å². The molecule has 5 nitrogen and oxygen atoms in total. The Morgan fingerprint density at radius 1 is 1.25 bits per heavy atom. The van der Waals surface area contributed by atoms with Crippen LogP contribution in [0.4, 0.5) is 0 Å². The van der Waals surface area contributed by atoms with Gasteiger partial charge in [-0.05, 0) is 25.5 Å². The van der Waals surface area contributed by atoms with Crippen LogP contribution in [0.2, 0.25) is 5.02 Å². The molecule has 0 aliphatic heterocycles. The third-order valence-corrected chi connectivity index (χ3v) is 3.22. The number of aliphatic carboxylic acids is 1. The van der Waals surface area contributed by atoms with Crippen molar-refractivity contribution in [3.05, 3.63) is 34.9 Å². The molecule has 0 unspecified atom stereocenters. The van der Waals surface area contributed by atoms with Gasteiger partial charge < -0.3 is 16.2 Å². The number of halogens is 1. The van der Waals surface area contributed by atoms with Crippen LogP contribution in [0, 0.1) is 0 Å². The van der Waals surface area contributed by atoms with Crippen LogP contribution in [0.3, 0.4) is 0 Å². The normalized spacial score (nSPS) is 11.9. The van der Waals surface area contributed by atoms with Gasteiger partial charge >= 0.3 is 5.97 Å². The number of carbonyl (C=O) groups excluding carboxylic acids is 1. The summed E-state index contributed by atoms with van der Waals surface area (Å²) in [6, 6.07) is 5.46. The van der Waals surface area contributed by atoms with E-state index >= 15 is 0 Å². The van der Waals surface area contributed by atoms with Gasteiger partial charge in [-0.15, -0.1) is 0 Å². The Balaban J connectivity index is 2.62. The number of nitrogens with one attached hydrogen (secondary N) is 1. The maximum atomic E-state index is 11.8. The average molecular weight is 299 g/mol. The van der Waals surface area contributed by atoms with Crippen molar-refractivity contribution < 1.29 is 14.7 Å². The van der Waals surface area contributed by atoms with Crippen LogP contribution in [-0.4, -0.2) is 23.5 Å². The minimum atomic E-state index is -1.13. The Morgan fingerprint density at radius 3 is 2.55 bits per heavy atom. The lowest BCUT2D eigenvalue weighted by molar-refractivity contribution is -0.142. The fourth-order valence-corrected chi connectivity index (χ4v) is 2.07. The lowest BCUT2D eigenvalue weighted by Gasteiger charge is -2.16. The fourth-order valence-electron chi connectivity index (χ4n) is 1.82. The first kappa shape index (κ1) is 16.5. The monoisotopic (exact) mass is 298 g/mol. The van der Waals surface area contributed by atoms with Crippen molar-refractivity contribution >= 4 is 23.5 Å². The molecule has 6 heteroatoms. The zero-order valence-corrected chi connectivity index (χ0v) is 11.9. The van der Waals surface area contributed by atoms with Gasteiger partial charge in [0.15, 0.2) is 6.04 Å². The van der Waals surface area contributed by atoms with Gasteiger partial charge in [0.2, 0.25) is 5.91 Å². The minimum Gasteiger partial charge on any atom is -0.479 e. The highest BCUT2D eigenvalue weighted by atomic mass is 35.5. The summed E-state index contributed by atoms with van der Waals surface area (Å²) in [6.45, 7) is 0.596. The molecule has 110 valence electrons. The second-order valence-corrected chi connectivity index (χ2v) is 4.87. The van der Waals surface area contributed by atoms with Crippen molar-refractivity contribution in [1.29, 1.82) is 0 Å². The summed E-state index contributed by atoms with van der Waals surface area (Å²) in [5, 5.41) is 12.0. The minimum absolute atomic E-state index is 0.286. The number of benzene rings is 1. The number of hydrogen-bond donors (Lipinski definition) is 3. The standard InChI is InChI=1S/C14H19ClN2O3/c15-11-7-4-3-6-10(11)13(14(19)20)17-12(18)8-2-1-5-9-16/h3-4,6-7,13H,1-2,5,8-9,16H2,(H,17,18)(H,19,20)/t13-/m1/s1. The van der Waals surface area contributed by atoms with Crippen LogP contribution in [0.15, 0.2) is 24.3 Å². The first-order valence-corrected chi connectivity index (χ1v) is 6.90. The Labute approximate surface area is 123 Å². The van der Waals surface area contributed by atoms with Gasteiger partial charge in [-0.3, -0.25) is 4.79 Å². The summed E-state index contributed by atoms with van der Waals surface area (Å²) in [4.78, 5) is 23.0. The molecule has 0 fully saturated rings. The topological polar surface area (TPSA) is 92.4 Å². The molecule has 1 aromatic carbocycles. The molecule has 1 aromatic rings. The zero-order valence-electron chi connectivity index (χ0n) is 11.1. The van der Waals surface area contributed by atoms with Crippen molar-refractivity contribution in [2.24, 2.45) is 5.73 Å².